The Morgan fingerprint density at radius 3 is 2.45 bits per heavy atom. The van der Waals surface area contributed by atoms with E-state index in [1.54, 1.807) is 23.6 Å². The SMILES string of the molecule is C.CC.CC.Cc1ncc(CNc2ncc3cc(Oc4ccccc4F)c(=O)n(N)c3n2)s1. The molecule has 178 valence electrons. The molecule has 0 saturated carbocycles. The van der Waals surface area contributed by atoms with Crippen LogP contribution in [0.25, 0.3) is 11.0 Å². The Morgan fingerprint density at radius 2 is 1.82 bits per heavy atom. The molecule has 8 nitrogen and oxygen atoms in total. The second kappa shape index (κ2) is 13.1. The lowest BCUT2D eigenvalue weighted by Gasteiger charge is -2.10. The van der Waals surface area contributed by atoms with Crippen LogP contribution in [0.3, 0.4) is 0 Å². The van der Waals surface area contributed by atoms with Crippen LogP contribution in [0.5, 0.6) is 11.5 Å². The zero-order valence-electron chi connectivity index (χ0n) is 18.7. The van der Waals surface area contributed by atoms with Crippen LogP contribution in [-0.2, 0) is 6.54 Å². The van der Waals surface area contributed by atoms with Crippen molar-refractivity contribution in [2.75, 3.05) is 11.2 Å². The van der Waals surface area contributed by atoms with Gasteiger partial charge >= 0.3 is 5.56 Å². The van der Waals surface area contributed by atoms with Crippen LogP contribution in [0, 0.1) is 12.7 Å². The highest BCUT2D eigenvalue weighted by molar-refractivity contribution is 7.11. The van der Waals surface area contributed by atoms with E-state index in [0.29, 0.717) is 17.9 Å². The summed E-state index contributed by atoms with van der Waals surface area (Å²) in [7, 11) is 0. The van der Waals surface area contributed by atoms with E-state index in [0.717, 1.165) is 14.6 Å². The fraction of sp³-hybridized carbons (Fsp3) is 0.304. The fourth-order valence-electron chi connectivity index (χ4n) is 2.55. The molecule has 33 heavy (non-hydrogen) atoms. The Hall–Kier alpha value is -3.53. The number of aromatic nitrogens is 4. The molecule has 10 heteroatoms. The van der Waals surface area contributed by atoms with Crippen LogP contribution in [0.4, 0.5) is 10.3 Å². The van der Waals surface area contributed by atoms with Gasteiger partial charge in [-0.05, 0) is 25.1 Å². The third-order valence-electron chi connectivity index (χ3n) is 3.89. The predicted molar refractivity (Wildman–Crippen MR) is 134 cm³/mol. The number of thiazole rings is 1. The molecule has 0 fully saturated rings. The molecule has 3 heterocycles. The number of halogens is 1. The van der Waals surface area contributed by atoms with Gasteiger partial charge in [0.25, 0.3) is 0 Å². The summed E-state index contributed by atoms with van der Waals surface area (Å²) in [5.41, 5.74) is -0.414. The number of nitrogens with one attached hydrogen (secondary N) is 1. The van der Waals surface area contributed by atoms with E-state index in [1.165, 1.54) is 30.5 Å². The average molecular weight is 475 g/mol. The molecule has 0 aliphatic carbocycles. The molecular formula is C23H31FN6O2S. The molecule has 0 aliphatic heterocycles. The maximum Gasteiger partial charge on any atom is 0.313 e. The number of para-hydroxylation sites is 1. The topological polar surface area (TPSA) is 108 Å². The minimum absolute atomic E-state index is 0. The normalized spacial score (nSPS) is 9.64. The van der Waals surface area contributed by atoms with Gasteiger partial charge in [-0.25, -0.2) is 19.0 Å². The van der Waals surface area contributed by atoms with Crippen molar-refractivity contribution in [3.05, 3.63) is 68.8 Å². The van der Waals surface area contributed by atoms with E-state index in [4.69, 9.17) is 10.6 Å². The predicted octanol–water partition coefficient (Wildman–Crippen LogP) is 5.50. The first-order valence-corrected chi connectivity index (χ1v) is 11.1. The summed E-state index contributed by atoms with van der Waals surface area (Å²) in [5.74, 6) is 5.44. The second-order valence-corrected chi connectivity index (χ2v) is 7.21. The smallest absolute Gasteiger partial charge is 0.313 e. The number of nitrogens with two attached hydrogens (primary N) is 1. The molecule has 3 aromatic heterocycles. The van der Waals surface area contributed by atoms with E-state index in [2.05, 4.69) is 20.3 Å². The molecule has 4 aromatic rings. The van der Waals surface area contributed by atoms with Gasteiger partial charge in [-0.1, -0.05) is 47.3 Å². The summed E-state index contributed by atoms with van der Waals surface area (Å²) < 4.78 is 20.1. The van der Waals surface area contributed by atoms with Crippen molar-refractivity contribution in [3.63, 3.8) is 0 Å². The Bertz CT molecular complexity index is 1230. The van der Waals surface area contributed by atoms with Crippen molar-refractivity contribution in [1.82, 2.24) is 19.6 Å². The first-order valence-electron chi connectivity index (χ1n) is 10.3. The lowest BCUT2D eigenvalue weighted by atomic mass is 10.3. The van der Waals surface area contributed by atoms with Gasteiger partial charge in [0.05, 0.1) is 11.6 Å². The number of nitrogen functional groups attached to an aromatic ring is 1. The molecule has 4 rings (SSSR count). The molecule has 0 bridgehead atoms. The minimum atomic E-state index is -0.640. The molecule has 0 amide bonds. The molecule has 1 aromatic carbocycles. The number of hydrogen-bond donors (Lipinski definition) is 2. The van der Waals surface area contributed by atoms with Crippen LogP contribution in [-0.4, -0.2) is 19.6 Å². The lowest BCUT2D eigenvalue weighted by Crippen LogP contribution is -2.29. The maximum absolute atomic E-state index is 13.8. The van der Waals surface area contributed by atoms with Gasteiger partial charge in [0.1, 0.15) is 0 Å². The summed E-state index contributed by atoms with van der Waals surface area (Å²) in [4.78, 5) is 26.2. The van der Waals surface area contributed by atoms with Crippen molar-refractivity contribution in [1.29, 1.82) is 0 Å². The Labute approximate surface area is 197 Å². The van der Waals surface area contributed by atoms with E-state index in [1.807, 2.05) is 34.6 Å². The van der Waals surface area contributed by atoms with Crippen molar-refractivity contribution < 1.29 is 9.13 Å². The van der Waals surface area contributed by atoms with Gasteiger partial charge in [-0.15, -0.1) is 11.3 Å². The highest BCUT2D eigenvalue weighted by Crippen LogP contribution is 2.24. The number of rotatable bonds is 5. The largest absolute Gasteiger partial charge is 0.448 e. The van der Waals surface area contributed by atoms with Crippen LogP contribution in [0.1, 0.15) is 45.0 Å². The summed E-state index contributed by atoms with van der Waals surface area (Å²) in [6.45, 7) is 10.4. The minimum Gasteiger partial charge on any atom is -0.448 e. The summed E-state index contributed by atoms with van der Waals surface area (Å²) in [6, 6.07) is 7.23. The number of hydrogen-bond acceptors (Lipinski definition) is 8. The van der Waals surface area contributed by atoms with Gasteiger partial charge < -0.3 is 15.9 Å². The number of anilines is 1. The maximum atomic E-state index is 13.8. The van der Waals surface area contributed by atoms with Crippen LogP contribution < -0.4 is 21.5 Å². The lowest BCUT2D eigenvalue weighted by molar-refractivity contribution is 0.435. The molecule has 0 spiro atoms. The number of nitrogens with zero attached hydrogens (tertiary/aromatic N) is 4. The summed E-state index contributed by atoms with van der Waals surface area (Å²) in [5, 5.41) is 4.52. The van der Waals surface area contributed by atoms with Gasteiger partial charge in [-0.3, -0.25) is 4.79 Å². The number of fused-ring (bicyclic) bond motifs is 1. The van der Waals surface area contributed by atoms with Crippen LogP contribution >= 0.6 is 11.3 Å². The highest BCUT2D eigenvalue weighted by atomic mass is 32.1. The van der Waals surface area contributed by atoms with E-state index in [-0.39, 0.29) is 24.6 Å². The molecule has 0 saturated heterocycles. The molecular weight excluding hydrogens is 443 g/mol. The van der Waals surface area contributed by atoms with Crippen molar-refractivity contribution in [2.45, 2.75) is 48.6 Å². The number of ether oxygens (including phenoxy) is 1. The van der Waals surface area contributed by atoms with Gasteiger partial charge in [0.15, 0.2) is 23.0 Å². The third-order valence-corrected chi connectivity index (χ3v) is 4.80. The summed E-state index contributed by atoms with van der Waals surface area (Å²) in [6.07, 6.45) is 3.29. The molecule has 3 N–H and O–H groups in total. The number of benzene rings is 1. The standard InChI is InChI=1S/C18H15FN6O2S.2C2H6.CH4/c1-10-21-8-12(28-10)9-23-18-22-7-11-6-15(17(26)25(20)16(11)24-18)27-14-5-3-2-4-13(14)19;2*1-2;/h2-8H,9,20H2,1H3,(H,22,23,24);2*1-2H3;1H4. The Kier molecular flexibility index (Phi) is 10.9. The van der Waals surface area contributed by atoms with Gasteiger partial charge in [0, 0.05) is 22.7 Å². The first-order chi connectivity index (χ1) is 15.5. The second-order valence-electron chi connectivity index (χ2n) is 5.89. The van der Waals surface area contributed by atoms with Crippen LogP contribution in [0.15, 0.2) is 47.5 Å². The van der Waals surface area contributed by atoms with E-state index < -0.39 is 11.4 Å². The molecule has 0 atom stereocenters. The zero-order valence-corrected chi connectivity index (χ0v) is 19.5. The molecule has 0 radical (unpaired) electrons. The van der Waals surface area contributed by atoms with Gasteiger partial charge in [-0.2, -0.15) is 4.98 Å². The van der Waals surface area contributed by atoms with Crippen molar-refractivity contribution >= 4 is 28.3 Å². The Balaban J connectivity index is 0.00000103. The monoisotopic (exact) mass is 474 g/mol. The van der Waals surface area contributed by atoms with E-state index in [9.17, 15) is 9.18 Å². The van der Waals surface area contributed by atoms with Gasteiger partial charge in [0.2, 0.25) is 5.95 Å². The van der Waals surface area contributed by atoms with Crippen LogP contribution in [0.2, 0.25) is 0 Å². The first kappa shape index (κ1) is 27.5. The number of pyridine rings is 1. The Morgan fingerprint density at radius 1 is 1.12 bits per heavy atom. The average Bonchev–Trinajstić information content (AvgIpc) is 3.25. The third kappa shape index (κ3) is 6.72. The number of aryl methyl sites for hydroxylation is 1. The molecule has 0 aliphatic rings. The van der Waals surface area contributed by atoms with Crippen molar-refractivity contribution in [3.8, 4) is 11.5 Å². The zero-order chi connectivity index (χ0) is 23.7. The summed E-state index contributed by atoms with van der Waals surface area (Å²) >= 11 is 1.56. The quantitative estimate of drug-likeness (QED) is 0.368. The van der Waals surface area contributed by atoms with E-state index >= 15 is 0 Å². The fourth-order valence-corrected chi connectivity index (χ4v) is 3.29. The highest BCUT2D eigenvalue weighted by Gasteiger charge is 2.13. The molecule has 0 unspecified atom stereocenters. The van der Waals surface area contributed by atoms with Crippen molar-refractivity contribution in [2.24, 2.45) is 0 Å².